The molecule has 1 heteroatoms. The van der Waals surface area contributed by atoms with Gasteiger partial charge >= 0.3 is 0 Å². The largest absolute Gasteiger partial charge is 0.306 e. The van der Waals surface area contributed by atoms with Gasteiger partial charge in [0.2, 0.25) is 0 Å². The van der Waals surface area contributed by atoms with Gasteiger partial charge in [-0.05, 0) is 33.0 Å². The van der Waals surface area contributed by atoms with Gasteiger partial charge in [0.25, 0.3) is 0 Å². The van der Waals surface area contributed by atoms with Crippen molar-refractivity contribution < 1.29 is 0 Å². The maximum atomic E-state index is 2.59. The molecule has 0 unspecified atom stereocenters. The molecule has 0 fully saturated rings. The highest BCUT2D eigenvalue weighted by Crippen LogP contribution is 2.16. The third-order valence-corrected chi connectivity index (χ3v) is 10.3. The molecule has 0 aliphatic carbocycles. The van der Waals surface area contributed by atoms with E-state index in [1.165, 1.54) is 257 Å². The molecule has 0 heterocycles. The predicted molar refractivity (Wildman–Crippen MR) is 204 cm³/mol. The Morgan fingerprint density at radius 1 is 0.205 bits per heavy atom. The van der Waals surface area contributed by atoms with Gasteiger partial charge in [0, 0.05) is 0 Å². The number of nitrogens with zero attached hydrogens (tertiary/aromatic N) is 1. The van der Waals surface area contributed by atoms with Crippen molar-refractivity contribution in [3.8, 4) is 0 Å². The van der Waals surface area contributed by atoms with Gasteiger partial charge in [-0.3, -0.25) is 0 Å². The van der Waals surface area contributed by atoms with Crippen molar-refractivity contribution in [3.05, 3.63) is 0 Å². The molecule has 0 rings (SSSR count). The summed E-state index contributed by atoms with van der Waals surface area (Å²) in [4.78, 5) is 2.59. The molecule has 0 spiro atoms. The standard InChI is InChI=1S/C43H89N/c1-4-6-8-10-12-14-16-17-18-19-20-21-22-23-24-25-26-27-28-29-30-31-32-33-35-37-39-41-43-44(3)42-40-38-36-34-15-13-11-9-7-5-2/h4-43H2,1-3H3. The van der Waals surface area contributed by atoms with Crippen LogP contribution in [0.1, 0.15) is 258 Å². The van der Waals surface area contributed by atoms with Gasteiger partial charge in [-0.15, -0.1) is 0 Å². The highest BCUT2D eigenvalue weighted by atomic mass is 15.1. The lowest BCUT2D eigenvalue weighted by atomic mass is 10.0. The minimum atomic E-state index is 1.32. The van der Waals surface area contributed by atoms with Crippen LogP contribution in [0.5, 0.6) is 0 Å². The predicted octanol–water partition coefficient (Wildman–Crippen LogP) is 15.8. The maximum absolute atomic E-state index is 2.59. The first kappa shape index (κ1) is 44.0. The zero-order valence-corrected chi connectivity index (χ0v) is 31.7. The molecule has 0 aromatic heterocycles. The van der Waals surface area contributed by atoms with Crippen LogP contribution in [0.3, 0.4) is 0 Å². The Morgan fingerprint density at radius 2 is 0.341 bits per heavy atom. The van der Waals surface area contributed by atoms with E-state index in [0.717, 1.165) is 0 Å². The third kappa shape index (κ3) is 40.0. The summed E-state index contributed by atoms with van der Waals surface area (Å²) in [5.74, 6) is 0. The molecule has 0 amide bonds. The molecular formula is C43H89N. The van der Waals surface area contributed by atoms with Crippen LogP contribution in [0.4, 0.5) is 0 Å². The quantitative estimate of drug-likeness (QED) is 0.0617. The smallest absolute Gasteiger partial charge is 0.00218 e. The lowest BCUT2D eigenvalue weighted by Gasteiger charge is -2.16. The van der Waals surface area contributed by atoms with E-state index in [0.29, 0.717) is 0 Å². The van der Waals surface area contributed by atoms with E-state index in [4.69, 9.17) is 0 Å². The first-order chi connectivity index (χ1) is 21.8. The van der Waals surface area contributed by atoms with Gasteiger partial charge in [-0.25, -0.2) is 0 Å². The molecule has 0 aromatic carbocycles. The van der Waals surface area contributed by atoms with Crippen molar-refractivity contribution in [3.63, 3.8) is 0 Å². The molecule has 0 bridgehead atoms. The van der Waals surface area contributed by atoms with E-state index < -0.39 is 0 Å². The summed E-state index contributed by atoms with van der Waals surface area (Å²) in [5, 5.41) is 0. The zero-order chi connectivity index (χ0) is 31.9. The third-order valence-electron chi connectivity index (χ3n) is 10.3. The maximum Gasteiger partial charge on any atom is -0.00218 e. The molecule has 0 radical (unpaired) electrons. The van der Waals surface area contributed by atoms with Crippen LogP contribution in [0.15, 0.2) is 0 Å². The zero-order valence-electron chi connectivity index (χ0n) is 31.7. The molecule has 0 aromatic rings. The Kier molecular flexibility index (Phi) is 40.9. The van der Waals surface area contributed by atoms with Gasteiger partial charge < -0.3 is 4.90 Å². The summed E-state index contributed by atoms with van der Waals surface area (Å²) in [7, 11) is 2.34. The summed E-state index contributed by atoms with van der Waals surface area (Å²) >= 11 is 0. The Balaban J connectivity index is 3.11. The van der Waals surface area contributed by atoms with E-state index in [1.807, 2.05) is 0 Å². The summed E-state index contributed by atoms with van der Waals surface area (Å²) in [6.45, 7) is 7.25. The second-order valence-electron chi connectivity index (χ2n) is 15.0. The van der Waals surface area contributed by atoms with Crippen molar-refractivity contribution in [1.29, 1.82) is 0 Å². The van der Waals surface area contributed by atoms with E-state index in [9.17, 15) is 0 Å². The Labute approximate surface area is 282 Å². The molecule has 0 atom stereocenters. The first-order valence-corrected chi connectivity index (χ1v) is 21.5. The molecule has 0 aliphatic heterocycles. The van der Waals surface area contributed by atoms with Crippen LogP contribution in [0.2, 0.25) is 0 Å². The van der Waals surface area contributed by atoms with Gasteiger partial charge in [0.15, 0.2) is 0 Å². The van der Waals surface area contributed by atoms with Crippen LogP contribution in [-0.4, -0.2) is 25.0 Å². The van der Waals surface area contributed by atoms with Crippen LogP contribution in [0, 0.1) is 0 Å². The Morgan fingerprint density at radius 3 is 0.500 bits per heavy atom. The highest BCUT2D eigenvalue weighted by molar-refractivity contribution is 4.56. The monoisotopic (exact) mass is 620 g/mol. The second-order valence-corrected chi connectivity index (χ2v) is 15.0. The Hall–Kier alpha value is -0.0400. The number of hydrogen-bond donors (Lipinski definition) is 0. The minimum Gasteiger partial charge on any atom is -0.306 e. The fraction of sp³-hybridized carbons (Fsp3) is 1.00. The summed E-state index contributed by atoms with van der Waals surface area (Å²) in [6.07, 6.45) is 55.8. The average molecular weight is 620 g/mol. The van der Waals surface area contributed by atoms with Crippen molar-refractivity contribution in [2.75, 3.05) is 20.1 Å². The van der Waals surface area contributed by atoms with E-state index in [1.54, 1.807) is 0 Å². The molecule has 0 aliphatic rings. The van der Waals surface area contributed by atoms with Crippen LogP contribution in [-0.2, 0) is 0 Å². The average Bonchev–Trinajstić information content (AvgIpc) is 3.03. The highest BCUT2D eigenvalue weighted by Gasteiger charge is 2.00. The molecule has 0 saturated heterocycles. The first-order valence-electron chi connectivity index (χ1n) is 21.5. The molecule has 44 heavy (non-hydrogen) atoms. The van der Waals surface area contributed by atoms with Crippen LogP contribution < -0.4 is 0 Å². The van der Waals surface area contributed by atoms with Crippen LogP contribution >= 0.6 is 0 Å². The fourth-order valence-corrected chi connectivity index (χ4v) is 7.03. The fourth-order valence-electron chi connectivity index (χ4n) is 7.03. The molecule has 0 saturated carbocycles. The van der Waals surface area contributed by atoms with E-state index in [-0.39, 0.29) is 0 Å². The second kappa shape index (κ2) is 41.0. The lowest BCUT2D eigenvalue weighted by Crippen LogP contribution is -2.20. The Bertz CT molecular complexity index is 474. The van der Waals surface area contributed by atoms with Crippen molar-refractivity contribution in [2.24, 2.45) is 0 Å². The number of unbranched alkanes of at least 4 members (excludes halogenated alkanes) is 36. The minimum absolute atomic E-state index is 1.32. The van der Waals surface area contributed by atoms with Crippen molar-refractivity contribution in [1.82, 2.24) is 4.90 Å². The summed E-state index contributed by atoms with van der Waals surface area (Å²) in [6, 6.07) is 0. The molecule has 1 nitrogen and oxygen atoms in total. The van der Waals surface area contributed by atoms with Gasteiger partial charge in [-0.2, -0.15) is 0 Å². The summed E-state index contributed by atoms with van der Waals surface area (Å²) < 4.78 is 0. The van der Waals surface area contributed by atoms with E-state index in [2.05, 4.69) is 25.8 Å². The molecular weight excluding hydrogens is 530 g/mol. The van der Waals surface area contributed by atoms with Crippen molar-refractivity contribution >= 4 is 0 Å². The van der Waals surface area contributed by atoms with Gasteiger partial charge in [0.1, 0.15) is 0 Å². The molecule has 266 valence electrons. The summed E-state index contributed by atoms with van der Waals surface area (Å²) in [5.41, 5.74) is 0. The normalized spacial score (nSPS) is 11.7. The topological polar surface area (TPSA) is 3.24 Å². The van der Waals surface area contributed by atoms with Gasteiger partial charge in [-0.1, -0.05) is 245 Å². The van der Waals surface area contributed by atoms with Crippen LogP contribution in [0.25, 0.3) is 0 Å². The number of rotatable bonds is 40. The molecule has 0 N–H and O–H groups in total. The van der Waals surface area contributed by atoms with Crippen molar-refractivity contribution in [2.45, 2.75) is 258 Å². The number of hydrogen-bond acceptors (Lipinski definition) is 1. The van der Waals surface area contributed by atoms with E-state index >= 15 is 0 Å². The van der Waals surface area contributed by atoms with Gasteiger partial charge in [0.05, 0.1) is 0 Å². The SMILES string of the molecule is CCCCCCCCCCCCCCCCCCCCCCCCCCCCCCN(C)CCCCCCCCCCCC. The lowest BCUT2D eigenvalue weighted by molar-refractivity contribution is 0.314.